The summed E-state index contributed by atoms with van der Waals surface area (Å²) in [4.78, 5) is 0. The van der Waals surface area contributed by atoms with Gasteiger partial charge in [0.25, 0.3) is 0 Å². The summed E-state index contributed by atoms with van der Waals surface area (Å²) >= 11 is 0. The predicted molar refractivity (Wildman–Crippen MR) is 49.8 cm³/mol. The second-order valence-electron chi connectivity index (χ2n) is 4.72. The molecule has 0 aromatic rings. The summed E-state index contributed by atoms with van der Waals surface area (Å²) in [5.74, 6) is 0.0185. The van der Waals surface area contributed by atoms with E-state index in [9.17, 15) is 10.4 Å². The van der Waals surface area contributed by atoms with E-state index in [2.05, 4.69) is 12.6 Å². The smallest absolute Gasteiger partial charge is 0.0700 e. The summed E-state index contributed by atoms with van der Waals surface area (Å²) in [6.45, 7) is 5.81. The maximum atomic E-state index is 10.1. The predicted octanol–water partition coefficient (Wildman–Crippen LogP) is 2.01. The summed E-state index contributed by atoms with van der Waals surface area (Å²) in [5.41, 5.74) is 0.0909. The first kappa shape index (κ1) is 8.77. The van der Waals surface area contributed by atoms with Crippen LogP contribution in [0.5, 0.6) is 0 Å². The Morgan fingerprint density at radius 1 is 1.54 bits per heavy atom. The molecule has 2 heteroatoms. The van der Waals surface area contributed by atoms with E-state index in [4.69, 9.17) is 0 Å². The van der Waals surface area contributed by atoms with Crippen molar-refractivity contribution in [2.24, 2.45) is 11.3 Å². The largest absolute Gasteiger partial charge is 0.389 e. The fourth-order valence-electron chi connectivity index (χ4n) is 3.16. The highest BCUT2D eigenvalue weighted by molar-refractivity contribution is 5.29. The van der Waals surface area contributed by atoms with Crippen LogP contribution in [-0.4, -0.2) is 10.7 Å². The van der Waals surface area contributed by atoms with Crippen molar-refractivity contribution in [3.63, 3.8) is 0 Å². The van der Waals surface area contributed by atoms with Crippen molar-refractivity contribution in [2.75, 3.05) is 0 Å². The van der Waals surface area contributed by atoms with Gasteiger partial charge in [0, 0.05) is 5.92 Å². The van der Waals surface area contributed by atoms with E-state index in [0.29, 0.717) is 0 Å². The molecule has 0 aromatic carbocycles. The lowest BCUT2D eigenvalue weighted by Gasteiger charge is -2.29. The summed E-state index contributed by atoms with van der Waals surface area (Å²) < 4.78 is 0. The molecule has 0 spiro atoms. The van der Waals surface area contributed by atoms with E-state index in [1.54, 1.807) is 0 Å². The van der Waals surface area contributed by atoms with Crippen LogP contribution in [0.1, 0.15) is 32.6 Å². The lowest BCUT2D eigenvalue weighted by Crippen LogP contribution is -2.34. The Bertz CT molecular complexity index is 300. The number of nitrogens with zero attached hydrogens (tertiary/aromatic N) is 1. The molecule has 0 amide bonds. The first-order chi connectivity index (χ1) is 6.02. The molecule has 2 nitrogen and oxygen atoms in total. The van der Waals surface area contributed by atoms with Crippen LogP contribution in [0.15, 0.2) is 12.2 Å². The number of hydrogen-bond donors (Lipinski definition) is 1. The monoisotopic (exact) mass is 177 g/mol. The van der Waals surface area contributed by atoms with E-state index in [0.717, 1.165) is 31.3 Å². The van der Waals surface area contributed by atoms with Crippen molar-refractivity contribution < 1.29 is 5.11 Å². The lowest BCUT2D eigenvalue weighted by atomic mass is 9.77. The highest BCUT2D eigenvalue weighted by Crippen LogP contribution is 2.59. The Balaban J connectivity index is 2.44. The average molecular weight is 177 g/mol. The van der Waals surface area contributed by atoms with E-state index in [-0.39, 0.29) is 11.3 Å². The second kappa shape index (κ2) is 2.36. The first-order valence-corrected chi connectivity index (χ1v) is 4.83. The molecule has 2 aliphatic carbocycles. The Morgan fingerprint density at radius 2 is 2.23 bits per heavy atom. The summed E-state index contributed by atoms with van der Waals surface area (Å²) in [6.07, 6.45) is 3.38. The van der Waals surface area contributed by atoms with Crippen LogP contribution < -0.4 is 0 Å². The number of rotatable bonds is 0. The van der Waals surface area contributed by atoms with Crippen molar-refractivity contribution in [3.05, 3.63) is 12.2 Å². The molecule has 2 rings (SSSR count). The van der Waals surface area contributed by atoms with E-state index >= 15 is 0 Å². The number of nitriles is 1. The Kier molecular flexibility index (Phi) is 1.59. The summed E-state index contributed by atoms with van der Waals surface area (Å²) in [5, 5.41) is 19.3. The first-order valence-electron chi connectivity index (χ1n) is 4.83. The second-order valence-corrected chi connectivity index (χ2v) is 4.72. The molecule has 0 bridgehead atoms. The van der Waals surface area contributed by atoms with Gasteiger partial charge in [0.05, 0.1) is 17.1 Å². The molecule has 0 radical (unpaired) electrons. The molecule has 70 valence electrons. The molecule has 0 unspecified atom stereocenters. The van der Waals surface area contributed by atoms with Gasteiger partial charge in [-0.1, -0.05) is 12.2 Å². The molecule has 0 saturated heterocycles. The van der Waals surface area contributed by atoms with Gasteiger partial charge >= 0.3 is 0 Å². The third kappa shape index (κ3) is 0.971. The van der Waals surface area contributed by atoms with Gasteiger partial charge in [0.2, 0.25) is 0 Å². The van der Waals surface area contributed by atoms with Gasteiger partial charge in [0.1, 0.15) is 0 Å². The molecule has 0 heterocycles. The van der Waals surface area contributed by atoms with Crippen LogP contribution in [0.3, 0.4) is 0 Å². The third-order valence-electron chi connectivity index (χ3n) is 3.77. The zero-order valence-corrected chi connectivity index (χ0v) is 8.01. The molecular formula is C11H15NO. The topological polar surface area (TPSA) is 44.0 Å². The van der Waals surface area contributed by atoms with E-state index in [1.807, 2.05) is 6.92 Å². The maximum Gasteiger partial charge on any atom is 0.0700 e. The molecule has 0 aliphatic heterocycles. The van der Waals surface area contributed by atoms with Gasteiger partial charge in [0.15, 0.2) is 0 Å². The zero-order chi connectivity index (χ0) is 9.69. The fourth-order valence-corrected chi connectivity index (χ4v) is 3.16. The summed E-state index contributed by atoms with van der Waals surface area (Å²) in [6, 6.07) is 2.40. The van der Waals surface area contributed by atoms with Crippen LogP contribution in [0.2, 0.25) is 0 Å². The van der Waals surface area contributed by atoms with Gasteiger partial charge in [-0.15, -0.1) is 0 Å². The molecule has 2 aliphatic rings. The van der Waals surface area contributed by atoms with Gasteiger partial charge in [-0.25, -0.2) is 0 Å². The highest BCUT2D eigenvalue weighted by Gasteiger charge is 2.58. The van der Waals surface area contributed by atoms with Crippen LogP contribution >= 0.6 is 0 Å². The molecule has 2 fully saturated rings. The summed E-state index contributed by atoms with van der Waals surface area (Å²) in [7, 11) is 0. The van der Waals surface area contributed by atoms with Crippen molar-refractivity contribution in [3.8, 4) is 6.07 Å². The zero-order valence-electron chi connectivity index (χ0n) is 8.01. The van der Waals surface area contributed by atoms with Gasteiger partial charge in [-0.05, 0) is 32.6 Å². The highest BCUT2D eigenvalue weighted by atomic mass is 16.3. The number of hydrogen-bond acceptors (Lipinski definition) is 2. The van der Waals surface area contributed by atoms with Crippen molar-refractivity contribution in [2.45, 2.75) is 38.2 Å². The standard InChI is InChI=1S/C11H15NO/c1-8-3-4-11(7-12)6-5-10(2,13)9(8)11/h9,13H,1,3-6H2,2H3/t9-,10-,11+/m0/s1. The van der Waals surface area contributed by atoms with Crippen LogP contribution in [-0.2, 0) is 0 Å². The van der Waals surface area contributed by atoms with Crippen LogP contribution in [0.4, 0.5) is 0 Å². The van der Waals surface area contributed by atoms with Crippen molar-refractivity contribution in [1.29, 1.82) is 5.26 Å². The van der Waals surface area contributed by atoms with Crippen molar-refractivity contribution >= 4 is 0 Å². The van der Waals surface area contributed by atoms with Crippen LogP contribution in [0.25, 0.3) is 0 Å². The quantitative estimate of drug-likeness (QED) is 0.575. The third-order valence-corrected chi connectivity index (χ3v) is 3.77. The van der Waals surface area contributed by atoms with Crippen molar-refractivity contribution in [1.82, 2.24) is 0 Å². The number of aliphatic hydroxyl groups is 1. The minimum atomic E-state index is -0.691. The molecule has 2 saturated carbocycles. The van der Waals surface area contributed by atoms with Gasteiger partial charge in [-0.3, -0.25) is 0 Å². The Hall–Kier alpha value is -0.810. The average Bonchev–Trinajstić information content (AvgIpc) is 2.53. The Morgan fingerprint density at radius 3 is 2.77 bits per heavy atom. The lowest BCUT2D eigenvalue weighted by molar-refractivity contribution is 0.0241. The normalized spacial score (nSPS) is 49.0. The van der Waals surface area contributed by atoms with Gasteiger partial charge < -0.3 is 5.11 Å². The fraction of sp³-hybridized carbons (Fsp3) is 0.727. The Labute approximate surface area is 78.9 Å². The molecule has 3 atom stereocenters. The molecule has 0 aromatic heterocycles. The minimum absolute atomic E-state index is 0.0185. The van der Waals surface area contributed by atoms with Crippen LogP contribution in [0, 0.1) is 22.7 Å². The molecular weight excluding hydrogens is 162 g/mol. The number of fused-ring (bicyclic) bond motifs is 1. The van der Waals surface area contributed by atoms with Gasteiger partial charge in [-0.2, -0.15) is 5.26 Å². The molecule has 13 heavy (non-hydrogen) atoms. The van der Waals surface area contributed by atoms with E-state index < -0.39 is 5.60 Å². The maximum absolute atomic E-state index is 10.1. The molecule has 1 N–H and O–H groups in total. The van der Waals surface area contributed by atoms with E-state index in [1.165, 1.54) is 0 Å². The SMILES string of the molecule is C=C1CC[C@]2(C#N)CC[C@](C)(O)[C@H]12. The minimum Gasteiger partial charge on any atom is -0.389 e.